The summed E-state index contributed by atoms with van der Waals surface area (Å²) in [6.45, 7) is -0.715. The third-order valence-corrected chi connectivity index (χ3v) is 4.34. The second-order valence-electron chi connectivity index (χ2n) is 5.77. The van der Waals surface area contributed by atoms with Crippen molar-refractivity contribution in [2.75, 3.05) is 13.1 Å². The highest BCUT2D eigenvalue weighted by Crippen LogP contribution is 2.20. The fraction of sp³-hybridized carbons (Fsp3) is 0.412. The lowest BCUT2D eigenvalue weighted by molar-refractivity contribution is -0.156. The van der Waals surface area contributed by atoms with Crippen LogP contribution in [-0.4, -0.2) is 42.8 Å². The van der Waals surface area contributed by atoms with Crippen LogP contribution in [0.25, 0.3) is 0 Å². The molecule has 1 aliphatic carbocycles. The average molecular weight is 401 g/mol. The van der Waals surface area contributed by atoms with E-state index in [1.54, 1.807) is 0 Å². The standard InChI is InChI=1S/C17H18Cl2N2O5/c18-10-5-6-11(12(19)7-10)17(25)21-8-15(23)20-9-16(24)26-14-4-2-1-3-13(14)22/h5-7,14H,1-4,8-9H2,(H,20,23)(H,21,25)/t14-/m0/s1. The molecule has 1 atom stereocenters. The van der Waals surface area contributed by atoms with Crippen molar-refractivity contribution in [3.63, 3.8) is 0 Å². The summed E-state index contributed by atoms with van der Waals surface area (Å²) in [6, 6.07) is 4.36. The maximum absolute atomic E-state index is 12.0. The van der Waals surface area contributed by atoms with Crippen LogP contribution in [0.2, 0.25) is 10.0 Å². The van der Waals surface area contributed by atoms with Crippen molar-refractivity contribution in [2.45, 2.75) is 31.8 Å². The lowest BCUT2D eigenvalue weighted by Gasteiger charge is -2.20. The number of nitrogens with one attached hydrogen (secondary N) is 2. The van der Waals surface area contributed by atoms with E-state index in [1.807, 2.05) is 0 Å². The van der Waals surface area contributed by atoms with Crippen molar-refractivity contribution in [3.8, 4) is 0 Å². The zero-order valence-electron chi connectivity index (χ0n) is 13.8. The Balaban J connectivity index is 1.72. The van der Waals surface area contributed by atoms with Gasteiger partial charge in [-0.05, 0) is 37.5 Å². The first-order valence-electron chi connectivity index (χ1n) is 8.09. The summed E-state index contributed by atoms with van der Waals surface area (Å²) in [5.41, 5.74) is 0.180. The predicted molar refractivity (Wildman–Crippen MR) is 95.2 cm³/mol. The molecule has 0 unspecified atom stereocenters. The molecule has 0 saturated heterocycles. The SMILES string of the molecule is O=C(CNC(=O)c1ccc(Cl)cc1Cl)NCC(=O)O[C@H]1CCCCC1=O. The molecule has 26 heavy (non-hydrogen) atoms. The lowest BCUT2D eigenvalue weighted by Crippen LogP contribution is -2.41. The lowest BCUT2D eigenvalue weighted by atomic mass is 9.96. The molecule has 0 heterocycles. The fourth-order valence-electron chi connectivity index (χ4n) is 2.44. The minimum absolute atomic E-state index is 0.0944. The van der Waals surface area contributed by atoms with E-state index >= 15 is 0 Å². The van der Waals surface area contributed by atoms with Crippen LogP contribution in [0.15, 0.2) is 18.2 Å². The first-order chi connectivity index (χ1) is 12.4. The molecule has 2 amide bonds. The van der Waals surface area contributed by atoms with Crippen LogP contribution >= 0.6 is 23.2 Å². The van der Waals surface area contributed by atoms with Gasteiger partial charge in [0.1, 0.15) is 6.54 Å². The average Bonchev–Trinajstić information content (AvgIpc) is 2.60. The molecule has 0 spiro atoms. The summed E-state index contributed by atoms with van der Waals surface area (Å²) in [7, 11) is 0. The molecule has 1 saturated carbocycles. The van der Waals surface area contributed by atoms with Gasteiger partial charge in [-0.2, -0.15) is 0 Å². The number of esters is 1. The van der Waals surface area contributed by atoms with Gasteiger partial charge in [-0.1, -0.05) is 23.2 Å². The van der Waals surface area contributed by atoms with Crippen LogP contribution in [0.3, 0.4) is 0 Å². The molecule has 1 fully saturated rings. The molecule has 9 heteroatoms. The highest BCUT2D eigenvalue weighted by molar-refractivity contribution is 6.36. The van der Waals surface area contributed by atoms with Crippen molar-refractivity contribution in [3.05, 3.63) is 33.8 Å². The van der Waals surface area contributed by atoms with E-state index in [2.05, 4.69) is 10.6 Å². The van der Waals surface area contributed by atoms with Crippen LogP contribution in [0.5, 0.6) is 0 Å². The van der Waals surface area contributed by atoms with Gasteiger partial charge in [0.2, 0.25) is 5.91 Å². The van der Waals surface area contributed by atoms with E-state index in [1.165, 1.54) is 18.2 Å². The molecule has 0 aromatic heterocycles. The molecule has 2 rings (SSSR count). The molecule has 7 nitrogen and oxygen atoms in total. The van der Waals surface area contributed by atoms with Crippen molar-refractivity contribution < 1.29 is 23.9 Å². The summed E-state index contributed by atoms with van der Waals surface area (Å²) < 4.78 is 5.06. The van der Waals surface area contributed by atoms with Gasteiger partial charge in [0, 0.05) is 11.4 Å². The Labute approximate surface area is 160 Å². The Morgan fingerprint density at radius 1 is 1.12 bits per heavy atom. The number of carbonyl (C=O) groups is 4. The van der Waals surface area contributed by atoms with Gasteiger partial charge in [0.05, 0.1) is 17.1 Å². The van der Waals surface area contributed by atoms with Crippen LogP contribution in [-0.2, 0) is 19.1 Å². The van der Waals surface area contributed by atoms with Crippen molar-refractivity contribution in [2.24, 2.45) is 0 Å². The largest absolute Gasteiger partial charge is 0.453 e. The van der Waals surface area contributed by atoms with Gasteiger partial charge < -0.3 is 15.4 Å². The number of benzene rings is 1. The topological polar surface area (TPSA) is 102 Å². The third kappa shape index (κ3) is 6.00. The number of hydrogen-bond donors (Lipinski definition) is 2. The summed E-state index contributed by atoms with van der Waals surface area (Å²) in [5, 5.41) is 5.26. The highest BCUT2D eigenvalue weighted by atomic mass is 35.5. The Kier molecular flexibility index (Phi) is 7.41. The maximum atomic E-state index is 12.0. The van der Waals surface area contributed by atoms with Gasteiger partial charge in [-0.15, -0.1) is 0 Å². The molecule has 0 bridgehead atoms. The van der Waals surface area contributed by atoms with E-state index in [9.17, 15) is 19.2 Å². The number of amides is 2. The first-order valence-corrected chi connectivity index (χ1v) is 8.84. The van der Waals surface area contributed by atoms with Crippen molar-refractivity contribution in [1.29, 1.82) is 0 Å². The summed E-state index contributed by atoms with van der Waals surface area (Å²) in [4.78, 5) is 47.0. The second-order valence-corrected chi connectivity index (χ2v) is 6.62. The molecule has 1 aliphatic rings. The molecule has 140 valence electrons. The minimum atomic E-state index is -0.722. The quantitative estimate of drug-likeness (QED) is 0.709. The van der Waals surface area contributed by atoms with Crippen LogP contribution < -0.4 is 10.6 Å². The van der Waals surface area contributed by atoms with Gasteiger partial charge in [-0.3, -0.25) is 19.2 Å². The smallest absolute Gasteiger partial charge is 0.326 e. The minimum Gasteiger partial charge on any atom is -0.453 e. The predicted octanol–water partition coefficient (Wildman–Crippen LogP) is 1.89. The van der Waals surface area contributed by atoms with Crippen LogP contribution in [0.4, 0.5) is 0 Å². The molecule has 1 aromatic carbocycles. The number of ketones is 1. The maximum Gasteiger partial charge on any atom is 0.326 e. The number of halogens is 2. The van der Waals surface area contributed by atoms with E-state index in [0.29, 0.717) is 17.9 Å². The molecular formula is C17H18Cl2N2O5. The Morgan fingerprint density at radius 2 is 1.88 bits per heavy atom. The summed E-state index contributed by atoms with van der Waals surface area (Å²) >= 11 is 11.7. The zero-order valence-corrected chi connectivity index (χ0v) is 15.4. The van der Waals surface area contributed by atoms with Crippen LogP contribution in [0, 0.1) is 0 Å². The zero-order chi connectivity index (χ0) is 19.1. The summed E-state index contributed by atoms with van der Waals surface area (Å²) in [6.07, 6.45) is 1.83. The molecule has 0 radical (unpaired) electrons. The van der Waals surface area contributed by atoms with Gasteiger partial charge in [0.15, 0.2) is 11.9 Å². The molecule has 2 N–H and O–H groups in total. The monoisotopic (exact) mass is 400 g/mol. The molecule has 0 aliphatic heterocycles. The fourth-order valence-corrected chi connectivity index (χ4v) is 2.93. The number of carbonyl (C=O) groups excluding carboxylic acids is 4. The second kappa shape index (κ2) is 9.54. The van der Waals surface area contributed by atoms with E-state index in [-0.39, 0.29) is 29.5 Å². The highest BCUT2D eigenvalue weighted by Gasteiger charge is 2.25. The van der Waals surface area contributed by atoms with Gasteiger partial charge in [-0.25, -0.2) is 0 Å². The van der Waals surface area contributed by atoms with Crippen LogP contribution in [0.1, 0.15) is 36.0 Å². The molecule has 1 aromatic rings. The number of ether oxygens (including phenoxy) is 1. The number of Topliss-reactive ketones (excluding diaryl/α,β-unsaturated/α-hetero) is 1. The van der Waals surface area contributed by atoms with E-state index in [4.69, 9.17) is 27.9 Å². The number of rotatable bonds is 6. The van der Waals surface area contributed by atoms with Crippen molar-refractivity contribution >= 4 is 46.8 Å². The van der Waals surface area contributed by atoms with Gasteiger partial charge in [0.25, 0.3) is 5.91 Å². The Hall–Kier alpha value is -2.12. The van der Waals surface area contributed by atoms with Crippen molar-refractivity contribution in [1.82, 2.24) is 10.6 Å². The number of hydrogen-bond acceptors (Lipinski definition) is 5. The normalized spacial score (nSPS) is 16.7. The van der Waals surface area contributed by atoms with E-state index < -0.39 is 23.9 Å². The summed E-state index contributed by atoms with van der Waals surface area (Å²) in [5.74, 6) is -1.90. The third-order valence-electron chi connectivity index (χ3n) is 3.79. The first kappa shape index (κ1) is 20.2. The molecular weight excluding hydrogens is 383 g/mol. The van der Waals surface area contributed by atoms with Gasteiger partial charge >= 0.3 is 5.97 Å². The Morgan fingerprint density at radius 3 is 2.58 bits per heavy atom. The van der Waals surface area contributed by atoms with E-state index in [0.717, 1.165) is 12.8 Å². The Bertz CT molecular complexity index is 723.